The number of carbonyl (C=O) groups excluding carboxylic acids is 1. The molecule has 0 saturated carbocycles. The van der Waals surface area contributed by atoms with Gasteiger partial charge in [0.05, 0.1) is 23.0 Å². The first kappa shape index (κ1) is 31.8. The number of carbonyl (C=O) groups is 1. The molecule has 0 bridgehead atoms. The van der Waals surface area contributed by atoms with Gasteiger partial charge in [-0.3, -0.25) is 14.4 Å². The van der Waals surface area contributed by atoms with Gasteiger partial charge in [-0.05, 0) is 64.1 Å². The fourth-order valence-electron chi connectivity index (χ4n) is 4.77. The number of aryl methyl sites for hydroxylation is 2. The highest BCUT2D eigenvalue weighted by molar-refractivity contribution is 6.04. The average molecular weight is 611 g/mol. The predicted molar refractivity (Wildman–Crippen MR) is 173 cm³/mol. The first-order valence-electron chi connectivity index (χ1n) is 15.0. The van der Waals surface area contributed by atoms with Crippen molar-refractivity contribution in [1.82, 2.24) is 29.5 Å². The molecule has 5 rings (SSSR count). The number of nitrogens with zero attached hydrogens (tertiary/aromatic N) is 6. The molecule has 11 heteroatoms. The van der Waals surface area contributed by atoms with Crippen LogP contribution in [0.4, 0.5) is 21.7 Å². The molecule has 45 heavy (non-hydrogen) atoms. The number of nitrogens with one attached hydrogen (secondary N) is 2. The first-order valence-corrected chi connectivity index (χ1v) is 15.0. The molecule has 1 aliphatic heterocycles. The number of rotatable bonds is 9. The zero-order valence-electron chi connectivity index (χ0n) is 26.1. The first-order chi connectivity index (χ1) is 21.5. The van der Waals surface area contributed by atoms with Crippen LogP contribution < -0.4 is 10.6 Å². The molecule has 2 aromatic carbocycles. The summed E-state index contributed by atoms with van der Waals surface area (Å²) in [5.74, 6) is 5.91. The van der Waals surface area contributed by atoms with Crippen LogP contribution in [0.3, 0.4) is 0 Å². The molecule has 0 atom stereocenters. The normalized spacial score (nSPS) is 14.1. The third-order valence-electron chi connectivity index (χ3n) is 7.64. The van der Waals surface area contributed by atoms with E-state index in [1.165, 1.54) is 6.07 Å². The molecule has 1 saturated heterocycles. The van der Waals surface area contributed by atoms with E-state index in [2.05, 4.69) is 54.4 Å². The maximum Gasteiger partial charge on any atom is 0.255 e. The van der Waals surface area contributed by atoms with Crippen LogP contribution in [0.5, 0.6) is 0 Å². The Labute approximate surface area is 263 Å². The van der Waals surface area contributed by atoms with Crippen molar-refractivity contribution in [3.63, 3.8) is 0 Å². The second kappa shape index (κ2) is 14.0. The van der Waals surface area contributed by atoms with E-state index in [1.807, 2.05) is 19.2 Å². The van der Waals surface area contributed by atoms with E-state index in [1.54, 1.807) is 61.4 Å². The summed E-state index contributed by atoms with van der Waals surface area (Å²) >= 11 is 0. The number of likely N-dealkylation sites (N-methyl/N-ethyl adjacent to an activating group) is 1. The Hall–Kier alpha value is -4.63. The van der Waals surface area contributed by atoms with Crippen LogP contribution in [0.25, 0.3) is 0 Å². The Morgan fingerprint density at radius 2 is 1.78 bits per heavy atom. The summed E-state index contributed by atoms with van der Waals surface area (Å²) < 4.78 is 16.6. The van der Waals surface area contributed by atoms with Crippen LogP contribution in [-0.4, -0.2) is 79.4 Å². The molecule has 10 nitrogen and oxygen atoms in total. The van der Waals surface area contributed by atoms with Gasteiger partial charge >= 0.3 is 0 Å². The highest BCUT2D eigenvalue weighted by Crippen LogP contribution is 2.19. The second-order valence-corrected chi connectivity index (χ2v) is 12.1. The molecule has 4 aromatic rings. The molecular weight excluding hydrogens is 571 g/mol. The van der Waals surface area contributed by atoms with Gasteiger partial charge < -0.3 is 20.6 Å². The minimum Gasteiger partial charge on any atom is -0.390 e. The smallest absolute Gasteiger partial charge is 0.255 e. The molecule has 0 radical (unpaired) electrons. The van der Waals surface area contributed by atoms with Crippen molar-refractivity contribution in [3.05, 3.63) is 94.8 Å². The van der Waals surface area contributed by atoms with Crippen molar-refractivity contribution in [2.24, 2.45) is 0 Å². The van der Waals surface area contributed by atoms with Crippen molar-refractivity contribution < 1.29 is 14.3 Å². The molecule has 0 unspecified atom stereocenters. The zero-order valence-corrected chi connectivity index (χ0v) is 26.1. The van der Waals surface area contributed by atoms with E-state index in [0.29, 0.717) is 53.4 Å². The molecule has 234 valence electrons. The number of hydrogen-bond acceptors (Lipinski definition) is 8. The largest absolute Gasteiger partial charge is 0.390 e. The summed E-state index contributed by atoms with van der Waals surface area (Å²) in [5.41, 5.74) is 3.64. The minimum absolute atomic E-state index is 0.331. The number of anilines is 3. The predicted octanol–water partition coefficient (Wildman–Crippen LogP) is 4.42. The maximum absolute atomic E-state index is 14.9. The number of aromatic nitrogens is 4. The van der Waals surface area contributed by atoms with E-state index < -0.39 is 5.60 Å². The van der Waals surface area contributed by atoms with E-state index in [0.717, 1.165) is 37.4 Å². The third kappa shape index (κ3) is 9.18. The van der Waals surface area contributed by atoms with Crippen LogP contribution in [0.1, 0.15) is 52.9 Å². The molecular formula is C34H39FN8O2. The lowest BCUT2D eigenvalue weighted by atomic mass is 10.0. The van der Waals surface area contributed by atoms with Gasteiger partial charge in [-0.15, -0.1) is 0 Å². The standard InChI is InChI=1S/C34H39FN8O2/c1-24-5-7-27(32(44)39-29-10-9-28(31(35)18-29)22-42-15-13-41(4)14-16-42)17-26(24)8-6-25-19-36-33(37-20-25)40-30-21-38-43(23-30)12-11-34(2,3)45/h5,7,9-10,17-21,23,45H,11-16,22H2,1-4H3,(H,39,44)(H,36,37,40). The van der Waals surface area contributed by atoms with Crippen LogP contribution in [0.2, 0.25) is 0 Å². The second-order valence-electron chi connectivity index (χ2n) is 12.1. The van der Waals surface area contributed by atoms with Gasteiger partial charge in [-0.1, -0.05) is 24.0 Å². The fraction of sp³-hybridized carbons (Fsp3) is 0.353. The van der Waals surface area contributed by atoms with Gasteiger partial charge in [-0.2, -0.15) is 5.10 Å². The van der Waals surface area contributed by atoms with Gasteiger partial charge in [0.2, 0.25) is 5.95 Å². The lowest BCUT2D eigenvalue weighted by Crippen LogP contribution is -2.44. The third-order valence-corrected chi connectivity index (χ3v) is 7.64. The number of halogens is 1. The van der Waals surface area contributed by atoms with Crippen LogP contribution in [0, 0.1) is 24.6 Å². The molecule has 3 N–H and O–H groups in total. The molecule has 3 heterocycles. The summed E-state index contributed by atoms with van der Waals surface area (Å²) in [6.45, 7) is 10.3. The molecule has 1 aliphatic rings. The number of hydrogen-bond donors (Lipinski definition) is 3. The average Bonchev–Trinajstić information content (AvgIpc) is 3.46. The molecule has 2 aromatic heterocycles. The van der Waals surface area contributed by atoms with Crippen molar-refractivity contribution in [1.29, 1.82) is 0 Å². The van der Waals surface area contributed by atoms with Crippen molar-refractivity contribution >= 4 is 23.2 Å². The molecule has 1 amide bonds. The molecule has 1 fully saturated rings. The zero-order chi connectivity index (χ0) is 32.0. The van der Waals surface area contributed by atoms with E-state index in [4.69, 9.17) is 0 Å². The Balaban J connectivity index is 1.18. The Bertz CT molecular complexity index is 1690. The quantitative estimate of drug-likeness (QED) is 0.239. The summed E-state index contributed by atoms with van der Waals surface area (Å²) in [5, 5.41) is 20.1. The summed E-state index contributed by atoms with van der Waals surface area (Å²) in [7, 11) is 2.09. The highest BCUT2D eigenvalue weighted by atomic mass is 19.1. The van der Waals surface area contributed by atoms with Crippen LogP contribution in [-0.2, 0) is 13.1 Å². The van der Waals surface area contributed by atoms with Gasteiger partial charge in [0.1, 0.15) is 5.82 Å². The maximum atomic E-state index is 14.9. The number of benzene rings is 2. The number of amides is 1. The van der Waals surface area contributed by atoms with Crippen molar-refractivity contribution in [3.8, 4) is 11.8 Å². The SMILES string of the molecule is Cc1ccc(C(=O)Nc2ccc(CN3CCN(C)CC3)c(F)c2)cc1C#Cc1cnc(Nc2cnn(CCC(C)(C)O)c2)nc1. The van der Waals surface area contributed by atoms with Gasteiger partial charge in [0.25, 0.3) is 5.91 Å². The molecule has 0 aliphatic carbocycles. The monoisotopic (exact) mass is 610 g/mol. The number of piperazine rings is 1. The van der Waals surface area contributed by atoms with E-state index in [-0.39, 0.29) is 11.7 Å². The Morgan fingerprint density at radius 1 is 1.02 bits per heavy atom. The van der Waals surface area contributed by atoms with Gasteiger partial charge in [-0.25, -0.2) is 14.4 Å². The summed E-state index contributed by atoms with van der Waals surface area (Å²) in [6, 6.07) is 10.1. The van der Waals surface area contributed by atoms with Crippen molar-refractivity contribution in [2.45, 2.75) is 45.9 Å². The summed E-state index contributed by atoms with van der Waals surface area (Å²) in [6.07, 6.45) is 7.32. The van der Waals surface area contributed by atoms with Crippen LogP contribution in [0.15, 0.2) is 61.2 Å². The minimum atomic E-state index is -0.760. The fourth-order valence-corrected chi connectivity index (χ4v) is 4.77. The Kier molecular flexibility index (Phi) is 9.88. The lowest BCUT2D eigenvalue weighted by molar-refractivity contribution is 0.0651. The highest BCUT2D eigenvalue weighted by Gasteiger charge is 2.17. The lowest BCUT2D eigenvalue weighted by Gasteiger charge is -2.32. The molecule has 0 spiro atoms. The Morgan fingerprint density at radius 3 is 2.49 bits per heavy atom. The van der Waals surface area contributed by atoms with Gasteiger partial charge in [0, 0.05) is 80.2 Å². The van der Waals surface area contributed by atoms with E-state index >= 15 is 0 Å². The topological polar surface area (TPSA) is 111 Å². The van der Waals surface area contributed by atoms with Crippen LogP contribution >= 0.6 is 0 Å². The van der Waals surface area contributed by atoms with Gasteiger partial charge in [0.15, 0.2) is 0 Å². The number of aliphatic hydroxyl groups is 1. The summed E-state index contributed by atoms with van der Waals surface area (Å²) in [4.78, 5) is 26.2. The van der Waals surface area contributed by atoms with Crippen molar-refractivity contribution in [2.75, 3.05) is 43.9 Å². The van der Waals surface area contributed by atoms with E-state index in [9.17, 15) is 14.3 Å².